The fraction of sp³-hybridized carbons (Fsp3) is 0.138. The summed E-state index contributed by atoms with van der Waals surface area (Å²) in [7, 11) is -1.89. The second kappa shape index (κ2) is 10.9. The second-order valence-electron chi connectivity index (χ2n) is 9.13. The first-order valence-electron chi connectivity index (χ1n) is 12.0. The number of sulfone groups is 1. The molecule has 3 aromatic carbocycles. The first-order valence-corrected chi connectivity index (χ1v) is 14.3. The first-order chi connectivity index (χ1) is 18.7. The van der Waals surface area contributed by atoms with E-state index in [-0.39, 0.29) is 10.7 Å². The molecule has 10 heteroatoms. The maximum atomic E-state index is 12.5. The summed E-state index contributed by atoms with van der Waals surface area (Å²) in [6.45, 7) is 0. The molecule has 0 saturated heterocycles. The van der Waals surface area contributed by atoms with E-state index in [0.717, 1.165) is 28.5 Å². The maximum absolute atomic E-state index is 12.5. The minimum Gasteiger partial charge on any atom is -0.495 e. The van der Waals surface area contributed by atoms with Crippen LogP contribution in [-0.2, 0) is 27.5 Å². The number of rotatable bonds is 9. The number of nitrogens with zero attached hydrogens (tertiary/aromatic N) is 3. The average molecular weight is 561 g/mol. The van der Waals surface area contributed by atoms with Crippen molar-refractivity contribution in [1.29, 1.82) is 0 Å². The predicted molar refractivity (Wildman–Crippen MR) is 152 cm³/mol. The molecule has 0 aliphatic heterocycles. The van der Waals surface area contributed by atoms with Gasteiger partial charge >= 0.3 is 0 Å². The molecular formula is C29H25ClN4O4S. The molecule has 0 aliphatic carbocycles. The number of aromatic nitrogens is 3. The summed E-state index contributed by atoms with van der Waals surface area (Å²) in [4.78, 5) is 17.2. The lowest BCUT2D eigenvalue weighted by molar-refractivity contribution is -0.117. The highest BCUT2D eigenvalue weighted by atomic mass is 35.5. The number of halogens is 1. The molecule has 0 spiro atoms. The molecule has 2 aromatic heterocycles. The van der Waals surface area contributed by atoms with Gasteiger partial charge in [-0.05, 0) is 53.1 Å². The zero-order valence-electron chi connectivity index (χ0n) is 21.3. The molecule has 0 radical (unpaired) electrons. The van der Waals surface area contributed by atoms with Gasteiger partial charge in [-0.15, -0.1) is 5.10 Å². The molecule has 0 atom stereocenters. The summed E-state index contributed by atoms with van der Waals surface area (Å²) in [6.07, 6.45) is 3.74. The Morgan fingerprint density at radius 1 is 0.923 bits per heavy atom. The molecular weight excluding hydrogens is 536 g/mol. The quantitative estimate of drug-likeness (QED) is 0.252. The molecule has 8 nitrogen and oxygen atoms in total. The smallest absolute Gasteiger partial charge is 0.247 e. The van der Waals surface area contributed by atoms with Crippen molar-refractivity contribution in [3.8, 4) is 16.9 Å². The molecule has 0 amide bonds. The van der Waals surface area contributed by atoms with Crippen LogP contribution in [0.2, 0.25) is 5.02 Å². The van der Waals surface area contributed by atoms with Gasteiger partial charge in [0, 0.05) is 41.9 Å². The van der Waals surface area contributed by atoms with Crippen LogP contribution in [0, 0.1) is 0 Å². The lowest BCUT2D eigenvalue weighted by Gasteiger charge is -2.10. The van der Waals surface area contributed by atoms with E-state index in [1.165, 1.54) is 19.2 Å². The lowest BCUT2D eigenvalue weighted by atomic mass is 10.0. The van der Waals surface area contributed by atoms with Crippen molar-refractivity contribution < 1.29 is 17.9 Å². The van der Waals surface area contributed by atoms with Crippen LogP contribution in [-0.4, -0.2) is 42.2 Å². The van der Waals surface area contributed by atoms with Crippen molar-refractivity contribution in [3.63, 3.8) is 0 Å². The summed E-state index contributed by atoms with van der Waals surface area (Å²) >= 11 is 5.92. The van der Waals surface area contributed by atoms with E-state index in [4.69, 9.17) is 16.3 Å². The molecule has 5 aromatic rings. The highest BCUT2D eigenvalue weighted by Crippen LogP contribution is 2.30. The number of ether oxygens (including phenoxy) is 1. The molecule has 39 heavy (non-hydrogen) atoms. The zero-order valence-corrected chi connectivity index (χ0v) is 22.8. The van der Waals surface area contributed by atoms with E-state index in [2.05, 4.69) is 15.4 Å². The van der Waals surface area contributed by atoms with Crippen LogP contribution in [0.4, 0.5) is 11.6 Å². The van der Waals surface area contributed by atoms with E-state index in [0.29, 0.717) is 40.9 Å². The van der Waals surface area contributed by atoms with Crippen molar-refractivity contribution in [2.45, 2.75) is 17.7 Å². The number of ketones is 1. The Morgan fingerprint density at radius 3 is 2.21 bits per heavy atom. The van der Waals surface area contributed by atoms with Gasteiger partial charge in [0.2, 0.25) is 5.95 Å². The van der Waals surface area contributed by atoms with Crippen LogP contribution in [0.1, 0.15) is 11.1 Å². The zero-order chi connectivity index (χ0) is 27.6. The van der Waals surface area contributed by atoms with Crippen molar-refractivity contribution in [2.75, 3.05) is 18.7 Å². The molecule has 0 aliphatic rings. The maximum Gasteiger partial charge on any atom is 0.247 e. The topological polar surface area (TPSA) is 103 Å². The molecule has 0 fully saturated rings. The van der Waals surface area contributed by atoms with E-state index in [9.17, 15) is 13.2 Å². The molecule has 0 bridgehead atoms. The number of carbonyl (C=O) groups excluding carboxylic acids is 1. The Kier molecular flexibility index (Phi) is 7.36. The van der Waals surface area contributed by atoms with Crippen LogP contribution < -0.4 is 10.1 Å². The van der Waals surface area contributed by atoms with Gasteiger partial charge in [0.25, 0.3) is 0 Å². The standard InChI is InChI=1S/C29H25ClN4O4S/c1-38-27-17-25(39(2,36)37)12-13-26(27)31-29-32-28-14-9-22(18-34(28)33-29)21-7-3-19(4-8-21)15-24(35)16-20-5-10-23(30)11-6-20/h3-14,17-18H,15-16H2,1-2H3,(H,31,33). The first kappa shape index (κ1) is 26.4. The van der Waals surface area contributed by atoms with Crippen LogP contribution in [0.25, 0.3) is 16.8 Å². The third-order valence-corrected chi connectivity index (χ3v) is 7.54. The highest BCUT2D eigenvalue weighted by molar-refractivity contribution is 7.90. The number of Topliss-reactive ketones (excluding diaryl/α,β-unsaturated/α-hetero) is 1. The van der Waals surface area contributed by atoms with Gasteiger partial charge in [-0.25, -0.2) is 12.9 Å². The SMILES string of the molecule is COc1cc(S(C)(=O)=O)ccc1Nc1nc2ccc(-c3ccc(CC(=O)Cc4ccc(Cl)cc4)cc3)cn2n1. The van der Waals surface area contributed by atoms with Crippen molar-refractivity contribution >= 4 is 44.5 Å². The summed E-state index contributed by atoms with van der Waals surface area (Å²) < 4.78 is 30.7. The van der Waals surface area contributed by atoms with E-state index >= 15 is 0 Å². The van der Waals surface area contributed by atoms with E-state index in [1.807, 2.05) is 54.7 Å². The molecule has 2 heterocycles. The Hall–Kier alpha value is -4.21. The molecule has 0 saturated carbocycles. The number of benzene rings is 3. The second-order valence-corrected chi connectivity index (χ2v) is 11.6. The Labute approximate surface area is 231 Å². The Morgan fingerprint density at radius 2 is 1.56 bits per heavy atom. The van der Waals surface area contributed by atoms with Crippen LogP contribution >= 0.6 is 11.6 Å². The van der Waals surface area contributed by atoms with Crippen LogP contribution in [0.3, 0.4) is 0 Å². The third-order valence-electron chi connectivity index (χ3n) is 6.18. The summed E-state index contributed by atoms with van der Waals surface area (Å²) in [6, 6.07) is 23.6. The number of pyridine rings is 1. The minimum atomic E-state index is -3.36. The van der Waals surface area contributed by atoms with Gasteiger partial charge in [-0.2, -0.15) is 4.98 Å². The predicted octanol–water partition coefficient (Wildman–Crippen LogP) is 5.56. The van der Waals surface area contributed by atoms with Gasteiger partial charge in [0.15, 0.2) is 15.5 Å². The third kappa shape index (κ3) is 6.27. The van der Waals surface area contributed by atoms with Gasteiger partial charge in [-0.1, -0.05) is 48.0 Å². The molecule has 0 unspecified atom stereocenters. The normalized spacial score (nSPS) is 11.5. The molecule has 1 N–H and O–H groups in total. The number of anilines is 2. The Balaban J connectivity index is 1.29. The van der Waals surface area contributed by atoms with Gasteiger partial charge < -0.3 is 10.1 Å². The number of nitrogens with one attached hydrogen (secondary N) is 1. The molecule has 5 rings (SSSR count). The monoisotopic (exact) mass is 560 g/mol. The van der Waals surface area contributed by atoms with Gasteiger partial charge in [-0.3, -0.25) is 4.79 Å². The Bertz CT molecular complexity index is 1770. The number of fused-ring (bicyclic) bond motifs is 1. The van der Waals surface area contributed by atoms with E-state index < -0.39 is 9.84 Å². The van der Waals surface area contributed by atoms with Gasteiger partial charge in [0.1, 0.15) is 11.5 Å². The number of carbonyl (C=O) groups is 1. The average Bonchev–Trinajstić information content (AvgIpc) is 3.31. The van der Waals surface area contributed by atoms with Gasteiger partial charge in [0.05, 0.1) is 17.7 Å². The minimum absolute atomic E-state index is 0.136. The highest BCUT2D eigenvalue weighted by Gasteiger charge is 2.14. The number of hydrogen-bond acceptors (Lipinski definition) is 7. The van der Waals surface area contributed by atoms with Crippen molar-refractivity contribution in [3.05, 3.63) is 101 Å². The fourth-order valence-corrected chi connectivity index (χ4v) is 4.93. The largest absolute Gasteiger partial charge is 0.495 e. The lowest BCUT2D eigenvalue weighted by Crippen LogP contribution is -2.06. The van der Waals surface area contributed by atoms with Crippen LogP contribution in [0.5, 0.6) is 5.75 Å². The van der Waals surface area contributed by atoms with E-state index in [1.54, 1.807) is 22.7 Å². The number of hydrogen-bond donors (Lipinski definition) is 1. The number of methoxy groups -OCH3 is 1. The van der Waals surface area contributed by atoms with Crippen molar-refractivity contribution in [2.24, 2.45) is 0 Å². The summed E-state index contributed by atoms with van der Waals surface area (Å²) in [5, 5.41) is 8.26. The summed E-state index contributed by atoms with van der Waals surface area (Å²) in [5.74, 6) is 0.841. The molecule has 198 valence electrons. The van der Waals surface area contributed by atoms with Crippen molar-refractivity contribution in [1.82, 2.24) is 14.6 Å². The summed E-state index contributed by atoms with van der Waals surface area (Å²) in [5.41, 5.74) is 4.99. The van der Waals surface area contributed by atoms with Crippen LogP contribution in [0.15, 0.2) is 90.0 Å². The fourth-order valence-electron chi connectivity index (χ4n) is 4.17.